The Kier molecular flexibility index (Phi) is 6.24. The molecule has 0 aromatic carbocycles. The molecule has 1 aromatic heterocycles. The molecular formula is C10H22N5OP. The summed E-state index contributed by atoms with van der Waals surface area (Å²) in [4.78, 5) is 14.6. The van der Waals surface area contributed by atoms with Gasteiger partial charge in [0.2, 0.25) is 5.91 Å². The second-order valence-electron chi connectivity index (χ2n) is 3.94. The van der Waals surface area contributed by atoms with E-state index in [1.54, 1.807) is 14.0 Å². The van der Waals surface area contributed by atoms with Gasteiger partial charge in [0, 0.05) is 25.9 Å². The molecule has 2 unspecified atom stereocenters. The lowest BCUT2D eigenvalue weighted by atomic mass is 9.97. The van der Waals surface area contributed by atoms with Crippen molar-refractivity contribution in [2.24, 2.45) is 7.05 Å². The fraction of sp³-hybridized carbons (Fsp3) is 0.800. The van der Waals surface area contributed by atoms with Crippen LogP contribution in [0.2, 0.25) is 0 Å². The lowest BCUT2D eigenvalue weighted by molar-refractivity contribution is -0.130. The van der Waals surface area contributed by atoms with Crippen LogP contribution >= 0.6 is 9.90 Å². The first-order valence-electron chi connectivity index (χ1n) is 5.16. The van der Waals surface area contributed by atoms with Crippen LogP contribution in [0.3, 0.4) is 0 Å². The van der Waals surface area contributed by atoms with E-state index in [4.69, 9.17) is 0 Å². The Labute approximate surface area is 105 Å². The van der Waals surface area contributed by atoms with Crippen molar-refractivity contribution in [3.05, 3.63) is 5.82 Å². The minimum absolute atomic E-state index is 0. The van der Waals surface area contributed by atoms with Crippen molar-refractivity contribution in [2.45, 2.75) is 33.1 Å². The van der Waals surface area contributed by atoms with Crippen LogP contribution in [0.25, 0.3) is 0 Å². The van der Waals surface area contributed by atoms with Gasteiger partial charge in [-0.1, -0.05) is 7.43 Å². The standard InChI is InChI=1S/C9H15N5O.CH4.H3P/c1-7(15)14-5-3-4-8(6-14)9-10-12-13(2)11-9;;/h8H,3-6H2,1-2H3;1H4;1H3. The van der Waals surface area contributed by atoms with Crippen LogP contribution in [-0.4, -0.2) is 44.1 Å². The fourth-order valence-electron chi connectivity index (χ4n) is 1.94. The third kappa shape index (κ3) is 3.73. The summed E-state index contributed by atoms with van der Waals surface area (Å²) in [5.41, 5.74) is 0. The molecule has 1 aliphatic rings. The fourth-order valence-corrected chi connectivity index (χ4v) is 1.94. The third-order valence-electron chi connectivity index (χ3n) is 2.76. The molecule has 0 bridgehead atoms. The Bertz CT molecular complexity index is 367. The van der Waals surface area contributed by atoms with Gasteiger partial charge in [0.15, 0.2) is 5.82 Å². The maximum atomic E-state index is 11.2. The molecule has 2 heterocycles. The first-order chi connectivity index (χ1) is 7.16. The molecule has 2 rings (SSSR count). The van der Waals surface area contributed by atoms with E-state index in [0.29, 0.717) is 0 Å². The molecule has 98 valence electrons. The smallest absolute Gasteiger partial charge is 0.219 e. The number of rotatable bonds is 1. The Hall–Kier alpha value is -1.03. The minimum atomic E-state index is 0. The Morgan fingerprint density at radius 3 is 2.71 bits per heavy atom. The number of carbonyl (C=O) groups is 1. The molecule has 0 radical (unpaired) electrons. The number of aromatic nitrogens is 4. The monoisotopic (exact) mass is 259 g/mol. The van der Waals surface area contributed by atoms with E-state index in [1.165, 1.54) is 4.80 Å². The van der Waals surface area contributed by atoms with Gasteiger partial charge in [-0.3, -0.25) is 4.79 Å². The molecule has 1 fully saturated rings. The molecule has 0 aliphatic carbocycles. The molecule has 2 atom stereocenters. The Balaban J connectivity index is 0.00000128. The molecule has 0 spiro atoms. The van der Waals surface area contributed by atoms with Crippen molar-refractivity contribution in [3.63, 3.8) is 0 Å². The number of likely N-dealkylation sites (tertiary alicyclic amines) is 1. The first kappa shape index (κ1) is 16.0. The minimum Gasteiger partial charge on any atom is -0.342 e. The summed E-state index contributed by atoms with van der Waals surface area (Å²) >= 11 is 0. The van der Waals surface area contributed by atoms with Gasteiger partial charge >= 0.3 is 0 Å². The highest BCUT2D eigenvalue weighted by Crippen LogP contribution is 2.23. The predicted molar refractivity (Wildman–Crippen MR) is 70.9 cm³/mol. The highest BCUT2D eigenvalue weighted by molar-refractivity contribution is 6.92. The van der Waals surface area contributed by atoms with Crippen molar-refractivity contribution >= 4 is 15.8 Å². The Morgan fingerprint density at radius 1 is 1.47 bits per heavy atom. The number of amides is 1. The van der Waals surface area contributed by atoms with Crippen molar-refractivity contribution in [1.29, 1.82) is 0 Å². The molecule has 6 nitrogen and oxygen atoms in total. The zero-order valence-electron chi connectivity index (χ0n) is 9.76. The van der Waals surface area contributed by atoms with Crippen molar-refractivity contribution in [3.8, 4) is 0 Å². The molecular weight excluding hydrogens is 237 g/mol. The first-order valence-corrected chi connectivity index (χ1v) is 5.16. The van der Waals surface area contributed by atoms with Gasteiger partial charge in [-0.05, 0) is 18.1 Å². The predicted octanol–water partition coefficient (Wildman–Crippen LogP) is 0.630. The molecule has 0 saturated carbocycles. The number of hydrogen-bond acceptors (Lipinski definition) is 4. The Morgan fingerprint density at radius 2 is 2.18 bits per heavy atom. The SMILES string of the molecule is C.CC(=O)N1CCCC(c2nnn(C)n2)C1.P. The van der Waals surface area contributed by atoms with Crippen molar-refractivity contribution in [1.82, 2.24) is 25.1 Å². The van der Waals surface area contributed by atoms with Crippen LogP contribution in [0.1, 0.15) is 38.9 Å². The van der Waals surface area contributed by atoms with E-state index in [1.807, 2.05) is 4.90 Å². The van der Waals surface area contributed by atoms with E-state index >= 15 is 0 Å². The van der Waals surface area contributed by atoms with Crippen molar-refractivity contribution in [2.75, 3.05) is 13.1 Å². The molecule has 1 saturated heterocycles. The average molecular weight is 259 g/mol. The van der Waals surface area contributed by atoms with Gasteiger partial charge < -0.3 is 4.90 Å². The van der Waals surface area contributed by atoms with Crippen LogP contribution < -0.4 is 0 Å². The second-order valence-corrected chi connectivity index (χ2v) is 3.94. The summed E-state index contributed by atoms with van der Waals surface area (Å²) < 4.78 is 0. The third-order valence-corrected chi connectivity index (χ3v) is 2.76. The number of piperidine rings is 1. The zero-order chi connectivity index (χ0) is 10.8. The summed E-state index contributed by atoms with van der Waals surface area (Å²) in [6.45, 7) is 3.18. The van der Waals surface area contributed by atoms with E-state index < -0.39 is 0 Å². The number of aryl methyl sites for hydroxylation is 1. The van der Waals surface area contributed by atoms with Gasteiger partial charge in [0.25, 0.3) is 0 Å². The number of hydrogen-bond donors (Lipinski definition) is 0. The van der Waals surface area contributed by atoms with E-state index in [-0.39, 0.29) is 29.2 Å². The molecule has 7 heteroatoms. The van der Waals surface area contributed by atoms with Crippen LogP contribution in [0.15, 0.2) is 0 Å². The molecule has 17 heavy (non-hydrogen) atoms. The lowest BCUT2D eigenvalue weighted by Gasteiger charge is -2.30. The van der Waals surface area contributed by atoms with Crippen LogP contribution in [0.4, 0.5) is 0 Å². The van der Waals surface area contributed by atoms with E-state index in [2.05, 4.69) is 15.4 Å². The summed E-state index contributed by atoms with van der Waals surface area (Å²) in [7, 11) is 1.75. The summed E-state index contributed by atoms with van der Waals surface area (Å²) in [5, 5.41) is 12.0. The van der Waals surface area contributed by atoms with Gasteiger partial charge in [-0.25, -0.2) is 0 Å². The van der Waals surface area contributed by atoms with E-state index in [9.17, 15) is 4.79 Å². The van der Waals surface area contributed by atoms with Gasteiger partial charge in [-0.2, -0.15) is 14.7 Å². The normalized spacial score (nSPS) is 19.2. The number of tetrazole rings is 1. The maximum absolute atomic E-state index is 11.2. The van der Waals surface area contributed by atoms with Gasteiger partial charge in [0.1, 0.15) is 0 Å². The number of nitrogens with zero attached hydrogens (tertiary/aromatic N) is 5. The largest absolute Gasteiger partial charge is 0.342 e. The molecule has 1 aliphatic heterocycles. The average Bonchev–Trinajstić information content (AvgIpc) is 2.65. The summed E-state index contributed by atoms with van der Waals surface area (Å²) in [5.74, 6) is 1.13. The molecule has 0 N–H and O–H groups in total. The topological polar surface area (TPSA) is 63.9 Å². The lowest BCUT2D eigenvalue weighted by Crippen LogP contribution is -2.37. The van der Waals surface area contributed by atoms with Crippen LogP contribution in [0, 0.1) is 0 Å². The highest BCUT2D eigenvalue weighted by Gasteiger charge is 2.25. The van der Waals surface area contributed by atoms with Crippen LogP contribution in [0.5, 0.6) is 0 Å². The van der Waals surface area contributed by atoms with E-state index in [0.717, 1.165) is 31.8 Å². The zero-order valence-corrected chi connectivity index (χ0v) is 11.2. The summed E-state index contributed by atoms with van der Waals surface area (Å²) in [6, 6.07) is 0. The molecule has 1 aromatic rings. The maximum Gasteiger partial charge on any atom is 0.219 e. The number of carbonyl (C=O) groups excluding carboxylic acids is 1. The highest BCUT2D eigenvalue weighted by atomic mass is 31.0. The quantitative estimate of drug-likeness (QED) is 0.694. The van der Waals surface area contributed by atoms with Crippen molar-refractivity contribution < 1.29 is 4.79 Å². The second kappa shape index (κ2) is 6.64. The summed E-state index contributed by atoms with van der Waals surface area (Å²) in [6.07, 6.45) is 2.05. The van der Waals surface area contributed by atoms with Gasteiger partial charge in [-0.15, -0.1) is 10.2 Å². The van der Waals surface area contributed by atoms with Crippen LogP contribution in [-0.2, 0) is 11.8 Å². The van der Waals surface area contributed by atoms with Gasteiger partial charge in [0.05, 0.1) is 7.05 Å². The molecule has 1 amide bonds.